The molecule has 8 nitrogen and oxygen atoms in total. The molecular formula is C11H20N2O6S. The Kier molecular flexibility index (Phi) is 5.35. The highest BCUT2D eigenvalue weighted by Crippen LogP contribution is 2.29. The molecule has 0 saturated heterocycles. The van der Waals surface area contributed by atoms with Crippen molar-refractivity contribution in [3.05, 3.63) is 0 Å². The Bertz CT molecular complexity index is 467. The van der Waals surface area contributed by atoms with Crippen LogP contribution in [-0.2, 0) is 19.7 Å². The Morgan fingerprint density at radius 3 is 2.20 bits per heavy atom. The minimum absolute atomic E-state index is 0.197. The molecule has 116 valence electrons. The minimum Gasteiger partial charge on any atom is -0.480 e. The Morgan fingerprint density at radius 1 is 1.20 bits per heavy atom. The molecule has 1 amide bonds. The first-order valence-electron chi connectivity index (χ1n) is 6.43. The second-order valence-electron chi connectivity index (χ2n) is 5.11. The molecule has 0 aromatic rings. The number of rotatable bonds is 5. The molecule has 1 saturated carbocycles. The van der Waals surface area contributed by atoms with E-state index >= 15 is 0 Å². The molecule has 9 heteroatoms. The summed E-state index contributed by atoms with van der Waals surface area (Å²) in [5.41, 5.74) is -1.55. The lowest BCUT2D eigenvalue weighted by Gasteiger charge is -2.33. The molecule has 1 fully saturated rings. The van der Waals surface area contributed by atoms with E-state index < -0.39 is 33.9 Å². The zero-order valence-corrected chi connectivity index (χ0v) is 12.3. The molecule has 0 heterocycles. The summed E-state index contributed by atoms with van der Waals surface area (Å²) in [6.07, 6.45) is 0.873. The number of ether oxygens (including phenoxy) is 1. The normalized spacial score (nSPS) is 18.6. The first-order valence-corrected chi connectivity index (χ1v) is 7.91. The Morgan fingerprint density at radius 2 is 1.75 bits per heavy atom. The maximum Gasteiger partial charge on any atom is 0.422 e. The van der Waals surface area contributed by atoms with Crippen LogP contribution < -0.4 is 9.44 Å². The Hall–Kier alpha value is -1.35. The quantitative estimate of drug-likeness (QED) is 0.688. The first-order chi connectivity index (χ1) is 9.17. The second kappa shape index (κ2) is 6.40. The molecule has 0 spiro atoms. The summed E-state index contributed by atoms with van der Waals surface area (Å²) in [5.74, 6) is -1.24. The van der Waals surface area contributed by atoms with Crippen LogP contribution in [0.1, 0.15) is 46.0 Å². The minimum atomic E-state index is -4.28. The van der Waals surface area contributed by atoms with Crippen LogP contribution in [0.3, 0.4) is 0 Å². The van der Waals surface area contributed by atoms with Gasteiger partial charge in [0.25, 0.3) is 0 Å². The highest BCUT2D eigenvalue weighted by atomic mass is 32.2. The smallest absolute Gasteiger partial charge is 0.422 e. The van der Waals surface area contributed by atoms with Gasteiger partial charge in [-0.3, -0.25) is 4.79 Å². The molecule has 3 N–H and O–H groups in total. The topological polar surface area (TPSA) is 122 Å². The SMILES string of the molecule is CC(C)OC(=O)NS(=O)(=O)NC1(C(=O)O)CCCCC1. The first kappa shape index (κ1) is 16.7. The van der Waals surface area contributed by atoms with Gasteiger partial charge in [0.15, 0.2) is 0 Å². The highest BCUT2D eigenvalue weighted by Gasteiger charge is 2.43. The zero-order valence-electron chi connectivity index (χ0n) is 11.5. The third-order valence-corrected chi connectivity index (χ3v) is 4.10. The molecule has 1 aliphatic rings. The van der Waals surface area contributed by atoms with Crippen LogP contribution >= 0.6 is 0 Å². The lowest BCUT2D eigenvalue weighted by molar-refractivity contribution is -0.145. The van der Waals surface area contributed by atoms with E-state index in [1.807, 2.05) is 0 Å². The number of carboxylic acids is 1. The van der Waals surface area contributed by atoms with Crippen molar-refractivity contribution >= 4 is 22.3 Å². The number of hydrogen-bond donors (Lipinski definition) is 3. The van der Waals surface area contributed by atoms with E-state index in [1.54, 1.807) is 18.6 Å². The summed E-state index contributed by atoms with van der Waals surface area (Å²) >= 11 is 0. The van der Waals surface area contributed by atoms with E-state index in [0.717, 1.165) is 6.42 Å². The lowest BCUT2D eigenvalue weighted by Crippen LogP contribution is -2.58. The van der Waals surface area contributed by atoms with Crippen LogP contribution in [0.2, 0.25) is 0 Å². The van der Waals surface area contributed by atoms with Crippen molar-refractivity contribution < 1.29 is 27.9 Å². The van der Waals surface area contributed by atoms with Gasteiger partial charge in [-0.1, -0.05) is 19.3 Å². The predicted molar refractivity (Wildman–Crippen MR) is 70.3 cm³/mol. The van der Waals surface area contributed by atoms with Crippen LogP contribution in [0.25, 0.3) is 0 Å². The van der Waals surface area contributed by atoms with E-state index in [2.05, 4.69) is 9.46 Å². The van der Waals surface area contributed by atoms with Gasteiger partial charge in [-0.2, -0.15) is 13.1 Å². The van der Waals surface area contributed by atoms with Crippen LogP contribution in [0.4, 0.5) is 4.79 Å². The van der Waals surface area contributed by atoms with Gasteiger partial charge in [-0.15, -0.1) is 0 Å². The van der Waals surface area contributed by atoms with Gasteiger partial charge in [0.1, 0.15) is 5.54 Å². The third kappa shape index (κ3) is 4.64. The number of aliphatic carboxylic acids is 1. The van der Waals surface area contributed by atoms with Crippen molar-refractivity contribution in [2.75, 3.05) is 0 Å². The van der Waals surface area contributed by atoms with Crippen LogP contribution in [0.5, 0.6) is 0 Å². The molecule has 0 aliphatic heterocycles. The van der Waals surface area contributed by atoms with Crippen molar-refractivity contribution in [1.29, 1.82) is 0 Å². The van der Waals surface area contributed by atoms with E-state index in [-0.39, 0.29) is 12.8 Å². The highest BCUT2D eigenvalue weighted by molar-refractivity contribution is 7.88. The summed E-state index contributed by atoms with van der Waals surface area (Å²) in [6, 6.07) is 0. The maximum absolute atomic E-state index is 11.8. The van der Waals surface area contributed by atoms with E-state index in [1.165, 1.54) is 0 Å². The molecular weight excluding hydrogens is 288 g/mol. The third-order valence-electron chi connectivity index (χ3n) is 3.01. The number of hydrogen-bond acceptors (Lipinski definition) is 5. The predicted octanol–water partition coefficient (Wildman–Crippen LogP) is 0.743. The molecule has 0 aromatic carbocycles. The number of amides is 1. The average molecular weight is 308 g/mol. The summed E-state index contributed by atoms with van der Waals surface area (Å²) in [5, 5.41) is 9.26. The average Bonchev–Trinajstić information content (AvgIpc) is 2.26. The van der Waals surface area contributed by atoms with Crippen molar-refractivity contribution in [2.45, 2.75) is 57.6 Å². The van der Waals surface area contributed by atoms with Gasteiger partial charge in [-0.25, -0.2) is 9.52 Å². The molecule has 0 bridgehead atoms. The number of carboxylic acid groups (broad SMARTS) is 1. The van der Waals surface area contributed by atoms with Crippen LogP contribution in [-0.4, -0.2) is 37.2 Å². The van der Waals surface area contributed by atoms with E-state index in [0.29, 0.717) is 12.8 Å². The number of nitrogens with one attached hydrogen (secondary N) is 2. The van der Waals surface area contributed by atoms with E-state index in [4.69, 9.17) is 0 Å². The molecule has 0 unspecified atom stereocenters. The lowest BCUT2D eigenvalue weighted by atomic mass is 9.83. The van der Waals surface area contributed by atoms with Crippen molar-refractivity contribution in [1.82, 2.24) is 9.44 Å². The zero-order chi connectivity index (χ0) is 15.4. The summed E-state index contributed by atoms with van der Waals surface area (Å²) in [7, 11) is -4.28. The largest absolute Gasteiger partial charge is 0.480 e. The number of carbonyl (C=O) groups is 2. The second-order valence-corrected chi connectivity index (χ2v) is 6.52. The molecule has 0 aromatic heterocycles. The molecule has 1 rings (SSSR count). The van der Waals surface area contributed by atoms with Gasteiger partial charge in [0.2, 0.25) is 0 Å². The fourth-order valence-electron chi connectivity index (χ4n) is 2.15. The van der Waals surface area contributed by atoms with Crippen LogP contribution in [0, 0.1) is 0 Å². The van der Waals surface area contributed by atoms with E-state index in [9.17, 15) is 23.1 Å². The Labute approximate surface area is 118 Å². The fourth-order valence-corrected chi connectivity index (χ4v) is 3.27. The monoisotopic (exact) mass is 308 g/mol. The van der Waals surface area contributed by atoms with Crippen LogP contribution in [0.15, 0.2) is 0 Å². The van der Waals surface area contributed by atoms with Crippen molar-refractivity contribution in [3.63, 3.8) is 0 Å². The fraction of sp³-hybridized carbons (Fsp3) is 0.818. The maximum atomic E-state index is 11.8. The molecule has 0 radical (unpaired) electrons. The number of carbonyl (C=O) groups excluding carboxylic acids is 1. The standard InChI is InChI=1S/C11H20N2O6S/c1-8(2)19-10(16)12-20(17,18)13-11(9(14)15)6-4-3-5-7-11/h8,13H,3-7H2,1-2H3,(H,12,16)(H,14,15). The summed E-state index contributed by atoms with van der Waals surface area (Å²) in [4.78, 5) is 22.6. The molecule has 0 atom stereocenters. The van der Waals surface area contributed by atoms with Gasteiger partial charge in [0, 0.05) is 0 Å². The van der Waals surface area contributed by atoms with Gasteiger partial charge in [0.05, 0.1) is 6.10 Å². The van der Waals surface area contributed by atoms with Gasteiger partial charge in [-0.05, 0) is 26.7 Å². The summed E-state index contributed by atoms with van der Waals surface area (Å²) < 4.78 is 32.0. The summed E-state index contributed by atoms with van der Waals surface area (Å²) in [6.45, 7) is 3.14. The van der Waals surface area contributed by atoms with Crippen molar-refractivity contribution in [2.24, 2.45) is 0 Å². The molecule has 1 aliphatic carbocycles. The van der Waals surface area contributed by atoms with Crippen molar-refractivity contribution in [3.8, 4) is 0 Å². The van der Waals surface area contributed by atoms with Gasteiger partial charge >= 0.3 is 22.3 Å². The van der Waals surface area contributed by atoms with Gasteiger partial charge < -0.3 is 9.84 Å². The Balaban J connectivity index is 2.77. The molecule has 20 heavy (non-hydrogen) atoms.